The van der Waals surface area contributed by atoms with Gasteiger partial charge in [0.15, 0.2) is 11.5 Å². The van der Waals surface area contributed by atoms with E-state index in [1.165, 1.54) is 12.8 Å². The lowest BCUT2D eigenvalue weighted by molar-refractivity contribution is 0.0926. The first-order chi connectivity index (χ1) is 16.0. The van der Waals surface area contributed by atoms with Crippen molar-refractivity contribution >= 4 is 34.9 Å². The largest absolute Gasteiger partial charge is 0.490 e. The quantitative estimate of drug-likeness (QED) is 0.387. The van der Waals surface area contributed by atoms with E-state index in [1.54, 1.807) is 30.6 Å². The topological polar surface area (TPSA) is 61.8 Å². The van der Waals surface area contributed by atoms with Crippen molar-refractivity contribution in [2.45, 2.75) is 32.2 Å². The molecule has 9 heteroatoms. The second kappa shape index (κ2) is 11.5. The van der Waals surface area contributed by atoms with Gasteiger partial charge in [0.05, 0.1) is 23.2 Å². The van der Waals surface area contributed by atoms with E-state index in [0.717, 1.165) is 51.6 Å². The Kier molecular flexibility index (Phi) is 8.41. The molecule has 0 unspecified atom stereocenters. The van der Waals surface area contributed by atoms with Crippen molar-refractivity contribution in [3.8, 4) is 5.75 Å². The summed E-state index contributed by atoms with van der Waals surface area (Å²) in [5.41, 5.74) is 0.511. The van der Waals surface area contributed by atoms with Crippen LogP contribution in [0.25, 0.3) is 0 Å². The Hall–Kier alpha value is -1.93. The van der Waals surface area contributed by atoms with Gasteiger partial charge in [-0.25, -0.2) is 9.97 Å². The molecule has 0 amide bonds. The van der Waals surface area contributed by atoms with Crippen LogP contribution in [0.15, 0.2) is 30.6 Å². The van der Waals surface area contributed by atoms with E-state index >= 15 is 0 Å². The molecule has 2 aromatic rings. The fourth-order valence-electron chi connectivity index (χ4n) is 4.48. The average molecular weight is 492 g/mol. The molecule has 0 radical (unpaired) electrons. The monoisotopic (exact) mass is 491 g/mol. The third kappa shape index (κ3) is 6.35. The van der Waals surface area contributed by atoms with Gasteiger partial charge in [-0.05, 0) is 50.9 Å². The molecule has 1 aromatic carbocycles. The fourth-order valence-corrected chi connectivity index (χ4v) is 5.08. The molecule has 0 spiro atoms. The Bertz CT molecular complexity index is 915. The molecular formula is C24H31Cl2N5O2. The highest BCUT2D eigenvalue weighted by molar-refractivity contribution is 6.37. The van der Waals surface area contributed by atoms with Crippen LogP contribution in [0.4, 0.5) is 5.95 Å². The molecule has 0 saturated carbocycles. The molecule has 2 aliphatic rings. The highest BCUT2D eigenvalue weighted by Gasteiger charge is 2.23. The average Bonchev–Trinajstić information content (AvgIpc) is 3.23. The Morgan fingerprint density at radius 3 is 2.42 bits per heavy atom. The summed E-state index contributed by atoms with van der Waals surface area (Å²) < 4.78 is 5.87. The lowest BCUT2D eigenvalue weighted by atomic mass is 10.1. The van der Waals surface area contributed by atoms with Gasteiger partial charge >= 0.3 is 0 Å². The number of halogens is 2. The van der Waals surface area contributed by atoms with Crippen LogP contribution < -0.4 is 9.64 Å². The first-order valence-electron chi connectivity index (χ1n) is 11.6. The van der Waals surface area contributed by atoms with Gasteiger partial charge in [0.1, 0.15) is 0 Å². The zero-order valence-corrected chi connectivity index (χ0v) is 20.6. The number of hydrogen-bond acceptors (Lipinski definition) is 7. The number of rotatable bonds is 9. The molecule has 33 heavy (non-hydrogen) atoms. The zero-order valence-electron chi connectivity index (χ0n) is 19.1. The highest BCUT2D eigenvalue weighted by atomic mass is 35.5. The van der Waals surface area contributed by atoms with Crippen LogP contribution in [0.3, 0.4) is 0 Å². The van der Waals surface area contributed by atoms with Crippen LogP contribution in [0.5, 0.6) is 5.75 Å². The first-order valence-corrected chi connectivity index (χ1v) is 12.4. The van der Waals surface area contributed by atoms with Crippen LogP contribution >= 0.6 is 23.2 Å². The number of nitrogens with zero attached hydrogens (tertiary/aromatic N) is 5. The van der Waals surface area contributed by atoms with Crippen molar-refractivity contribution in [1.82, 2.24) is 19.8 Å². The normalized spacial score (nSPS) is 19.7. The number of piperazine rings is 1. The van der Waals surface area contributed by atoms with Crippen molar-refractivity contribution in [3.63, 3.8) is 0 Å². The van der Waals surface area contributed by atoms with Gasteiger partial charge in [0.25, 0.3) is 0 Å². The minimum Gasteiger partial charge on any atom is -0.490 e. The summed E-state index contributed by atoms with van der Waals surface area (Å²) in [6, 6.07) is 5.79. The number of carbonyl (C=O) groups is 1. The summed E-state index contributed by atoms with van der Waals surface area (Å²) in [6.45, 7) is 8.41. The van der Waals surface area contributed by atoms with Gasteiger partial charge in [-0.3, -0.25) is 9.69 Å². The molecule has 0 aliphatic carbocycles. The molecule has 1 atom stereocenters. The number of ketones is 1. The summed E-state index contributed by atoms with van der Waals surface area (Å²) in [7, 11) is 0. The number of Topliss-reactive ketones (excluding diaryl/α,β-unsaturated/α-hetero) is 1. The van der Waals surface area contributed by atoms with Gasteiger partial charge < -0.3 is 14.5 Å². The Balaban J connectivity index is 1.26. The second-order valence-corrected chi connectivity index (χ2v) is 9.55. The molecule has 1 aromatic heterocycles. The molecule has 7 nitrogen and oxygen atoms in total. The number of ether oxygens (including phenoxy) is 1. The Morgan fingerprint density at radius 1 is 1.09 bits per heavy atom. The maximum Gasteiger partial charge on any atom is 0.225 e. The highest BCUT2D eigenvalue weighted by Crippen LogP contribution is 2.34. The molecular weight excluding hydrogens is 461 g/mol. The third-order valence-electron chi connectivity index (χ3n) is 6.42. The van der Waals surface area contributed by atoms with Gasteiger partial charge in [-0.1, -0.05) is 23.2 Å². The standard InChI is InChI=1S/C24H31Cl2N5O2/c1-18-5-2-8-30(18)9-4-14-33-23-20(25)15-19(16-21(23)26)22(32)17-29-10-12-31(13-11-29)24-27-6-3-7-28-24/h3,6-7,15-16,18H,2,4-5,8-14,17H2,1H3/t18-/m1/s1. The van der Waals surface area contributed by atoms with Crippen LogP contribution in [-0.2, 0) is 0 Å². The molecule has 178 valence electrons. The molecule has 2 fully saturated rings. The molecule has 2 aliphatic heterocycles. The molecule has 0 N–H and O–H groups in total. The van der Waals surface area contributed by atoms with E-state index < -0.39 is 0 Å². The van der Waals surface area contributed by atoms with E-state index in [-0.39, 0.29) is 5.78 Å². The Morgan fingerprint density at radius 2 is 1.79 bits per heavy atom. The van der Waals surface area contributed by atoms with Crippen molar-refractivity contribution in [3.05, 3.63) is 46.2 Å². The second-order valence-electron chi connectivity index (χ2n) is 8.73. The van der Waals surface area contributed by atoms with E-state index in [2.05, 4.69) is 31.6 Å². The predicted octanol–water partition coefficient (Wildman–Crippen LogP) is 4.04. The van der Waals surface area contributed by atoms with E-state index in [0.29, 0.717) is 40.6 Å². The summed E-state index contributed by atoms with van der Waals surface area (Å²) in [4.78, 5) is 28.2. The SMILES string of the molecule is C[C@@H]1CCCN1CCCOc1c(Cl)cc(C(=O)CN2CCN(c3ncccn3)CC2)cc1Cl. The summed E-state index contributed by atoms with van der Waals surface area (Å²) >= 11 is 12.9. The van der Waals surface area contributed by atoms with Crippen LogP contribution in [-0.4, -0.2) is 84.0 Å². The first kappa shape index (κ1) is 24.2. The number of likely N-dealkylation sites (tertiary alicyclic amines) is 1. The molecule has 4 rings (SSSR count). The minimum absolute atomic E-state index is 0.00205. The van der Waals surface area contributed by atoms with E-state index in [4.69, 9.17) is 27.9 Å². The third-order valence-corrected chi connectivity index (χ3v) is 6.98. The van der Waals surface area contributed by atoms with Crippen LogP contribution in [0, 0.1) is 0 Å². The minimum atomic E-state index is -0.00205. The number of aromatic nitrogens is 2. The van der Waals surface area contributed by atoms with Gasteiger partial charge in [-0.2, -0.15) is 0 Å². The number of benzene rings is 1. The molecule has 2 saturated heterocycles. The summed E-state index contributed by atoms with van der Waals surface area (Å²) in [6.07, 6.45) is 6.94. The number of carbonyl (C=O) groups excluding carboxylic acids is 1. The van der Waals surface area contributed by atoms with Crippen molar-refractivity contribution in [1.29, 1.82) is 0 Å². The van der Waals surface area contributed by atoms with Gasteiger partial charge in [0.2, 0.25) is 5.95 Å². The lowest BCUT2D eigenvalue weighted by Gasteiger charge is -2.34. The predicted molar refractivity (Wildman–Crippen MR) is 132 cm³/mol. The molecule has 0 bridgehead atoms. The summed E-state index contributed by atoms with van der Waals surface area (Å²) in [5, 5.41) is 0.762. The Labute approximate surface area is 205 Å². The van der Waals surface area contributed by atoms with Gasteiger partial charge in [0, 0.05) is 56.7 Å². The molecule has 3 heterocycles. The smallest absolute Gasteiger partial charge is 0.225 e. The van der Waals surface area contributed by atoms with Crippen LogP contribution in [0.1, 0.15) is 36.5 Å². The summed E-state index contributed by atoms with van der Waals surface area (Å²) in [5.74, 6) is 1.19. The van der Waals surface area contributed by atoms with Gasteiger partial charge in [-0.15, -0.1) is 0 Å². The zero-order chi connectivity index (χ0) is 23.2. The van der Waals surface area contributed by atoms with Crippen LogP contribution in [0.2, 0.25) is 10.0 Å². The van der Waals surface area contributed by atoms with E-state index in [1.807, 2.05) is 0 Å². The number of hydrogen-bond donors (Lipinski definition) is 0. The van der Waals surface area contributed by atoms with Crippen molar-refractivity contribution in [2.75, 3.05) is 57.3 Å². The van der Waals surface area contributed by atoms with E-state index in [9.17, 15) is 4.79 Å². The fraction of sp³-hybridized carbons (Fsp3) is 0.542. The lowest BCUT2D eigenvalue weighted by Crippen LogP contribution is -2.48. The number of anilines is 1. The van der Waals surface area contributed by atoms with Crippen molar-refractivity contribution < 1.29 is 9.53 Å². The van der Waals surface area contributed by atoms with Crippen molar-refractivity contribution in [2.24, 2.45) is 0 Å². The maximum absolute atomic E-state index is 12.9. The maximum atomic E-state index is 12.9.